The highest BCUT2D eigenvalue weighted by Crippen LogP contribution is 2.24. The maximum atomic E-state index is 13.3. The molecule has 0 heterocycles. The van der Waals surface area contributed by atoms with Crippen LogP contribution < -0.4 is 5.32 Å². The lowest BCUT2D eigenvalue weighted by molar-refractivity contribution is 0.442. The lowest BCUT2D eigenvalue weighted by Crippen LogP contribution is -2.22. The quantitative estimate of drug-likeness (QED) is 0.829. The average molecular weight is 265 g/mol. The molecule has 2 aromatic carbocycles. The number of hydrogen-bond donors (Lipinski definition) is 1. The smallest absolute Gasteiger partial charge is 0.194 e. The second kappa shape index (κ2) is 5.89. The Morgan fingerprint density at radius 3 is 2.05 bits per heavy atom. The predicted octanol–water partition coefficient (Wildman–Crippen LogP) is 3.80. The third-order valence-corrected chi connectivity index (χ3v) is 2.88. The third-order valence-electron chi connectivity index (χ3n) is 2.88. The predicted molar refractivity (Wildman–Crippen MR) is 68.3 cm³/mol. The Hall–Kier alpha value is -1.81. The van der Waals surface area contributed by atoms with Crippen LogP contribution in [-0.4, -0.2) is 6.54 Å². The highest BCUT2D eigenvalue weighted by molar-refractivity contribution is 5.32. The molecule has 100 valence electrons. The van der Waals surface area contributed by atoms with Gasteiger partial charge in [-0.05, 0) is 29.8 Å². The summed E-state index contributed by atoms with van der Waals surface area (Å²) in [6.45, 7) is 2.52. The number of halogens is 3. The zero-order valence-corrected chi connectivity index (χ0v) is 10.5. The Morgan fingerprint density at radius 1 is 0.947 bits per heavy atom. The van der Waals surface area contributed by atoms with Gasteiger partial charge in [0.2, 0.25) is 0 Å². The van der Waals surface area contributed by atoms with E-state index in [1.54, 1.807) is 0 Å². The van der Waals surface area contributed by atoms with Crippen molar-refractivity contribution in [1.29, 1.82) is 0 Å². The fourth-order valence-electron chi connectivity index (χ4n) is 2.02. The minimum atomic E-state index is -1.44. The van der Waals surface area contributed by atoms with Gasteiger partial charge in [-0.2, -0.15) is 0 Å². The average Bonchev–Trinajstić information content (AvgIpc) is 2.42. The Labute approximate surface area is 110 Å². The van der Waals surface area contributed by atoms with E-state index in [0.717, 1.165) is 17.7 Å². The second-order valence-corrected chi connectivity index (χ2v) is 4.20. The van der Waals surface area contributed by atoms with E-state index in [2.05, 4.69) is 5.32 Å². The van der Waals surface area contributed by atoms with E-state index in [1.165, 1.54) is 0 Å². The largest absolute Gasteiger partial charge is 0.307 e. The number of benzene rings is 2. The van der Waals surface area contributed by atoms with Gasteiger partial charge >= 0.3 is 0 Å². The van der Waals surface area contributed by atoms with Crippen LogP contribution in [0.15, 0.2) is 42.5 Å². The summed E-state index contributed by atoms with van der Waals surface area (Å²) in [4.78, 5) is 0. The van der Waals surface area contributed by atoms with Crippen LogP contribution in [-0.2, 0) is 0 Å². The van der Waals surface area contributed by atoms with Crippen molar-refractivity contribution in [2.45, 2.75) is 13.0 Å². The van der Waals surface area contributed by atoms with Crippen molar-refractivity contribution in [2.24, 2.45) is 0 Å². The molecule has 0 radical (unpaired) electrons. The molecule has 0 aliphatic heterocycles. The van der Waals surface area contributed by atoms with Crippen LogP contribution >= 0.6 is 0 Å². The van der Waals surface area contributed by atoms with Crippen molar-refractivity contribution < 1.29 is 13.2 Å². The molecule has 4 heteroatoms. The van der Waals surface area contributed by atoms with Gasteiger partial charge in [-0.1, -0.05) is 37.3 Å². The van der Waals surface area contributed by atoms with Gasteiger partial charge in [0.15, 0.2) is 17.5 Å². The molecule has 0 aromatic heterocycles. The fourth-order valence-corrected chi connectivity index (χ4v) is 2.02. The van der Waals surface area contributed by atoms with Crippen LogP contribution in [0.1, 0.15) is 24.1 Å². The second-order valence-electron chi connectivity index (χ2n) is 4.20. The van der Waals surface area contributed by atoms with Crippen molar-refractivity contribution in [3.05, 3.63) is 71.0 Å². The summed E-state index contributed by atoms with van der Waals surface area (Å²) in [5.74, 6) is -3.78. The molecular weight excluding hydrogens is 251 g/mol. The first kappa shape index (κ1) is 13.6. The SMILES string of the molecule is CCNC(c1ccccc1)c1cc(F)c(F)c(F)c1. The molecule has 2 rings (SSSR count). The van der Waals surface area contributed by atoms with Crippen LogP contribution in [0.4, 0.5) is 13.2 Å². The summed E-state index contributed by atoms with van der Waals surface area (Å²) < 4.78 is 39.6. The molecule has 1 unspecified atom stereocenters. The molecule has 1 atom stereocenters. The summed E-state index contributed by atoms with van der Waals surface area (Å²) in [6.07, 6.45) is 0. The van der Waals surface area contributed by atoms with Gasteiger partial charge in [-0.15, -0.1) is 0 Å². The molecule has 0 spiro atoms. The summed E-state index contributed by atoms with van der Waals surface area (Å²) in [5.41, 5.74) is 1.24. The van der Waals surface area contributed by atoms with Gasteiger partial charge in [-0.3, -0.25) is 0 Å². The van der Waals surface area contributed by atoms with Gasteiger partial charge in [0.1, 0.15) is 0 Å². The monoisotopic (exact) mass is 265 g/mol. The fraction of sp³-hybridized carbons (Fsp3) is 0.200. The molecule has 0 saturated heterocycles. The first-order valence-electron chi connectivity index (χ1n) is 6.06. The van der Waals surface area contributed by atoms with Crippen LogP contribution in [0, 0.1) is 17.5 Å². The summed E-state index contributed by atoms with van der Waals surface area (Å²) in [5, 5.41) is 3.13. The van der Waals surface area contributed by atoms with Gasteiger partial charge in [0, 0.05) is 0 Å². The molecule has 2 aromatic rings. The minimum absolute atomic E-state index is 0.365. The maximum absolute atomic E-state index is 13.3. The van der Waals surface area contributed by atoms with E-state index in [1.807, 2.05) is 37.3 Å². The van der Waals surface area contributed by atoms with Gasteiger partial charge in [0.25, 0.3) is 0 Å². The molecule has 0 saturated carbocycles. The van der Waals surface area contributed by atoms with E-state index in [9.17, 15) is 13.2 Å². The molecule has 0 aliphatic rings. The van der Waals surface area contributed by atoms with E-state index in [4.69, 9.17) is 0 Å². The molecule has 0 bridgehead atoms. The Kier molecular flexibility index (Phi) is 4.22. The van der Waals surface area contributed by atoms with Gasteiger partial charge in [-0.25, -0.2) is 13.2 Å². The van der Waals surface area contributed by atoms with Crippen LogP contribution in [0.5, 0.6) is 0 Å². The Balaban J connectivity index is 2.45. The highest BCUT2D eigenvalue weighted by Gasteiger charge is 2.18. The van der Waals surface area contributed by atoms with Crippen LogP contribution in [0.3, 0.4) is 0 Å². The molecule has 19 heavy (non-hydrogen) atoms. The van der Waals surface area contributed by atoms with Crippen LogP contribution in [0.2, 0.25) is 0 Å². The summed E-state index contributed by atoms with van der Waals surface area (Å²) >= 11 is 0. The Bertz CT molecular complexity index is 532. The molecule has 0 amide bonds. The van der Waals surface area contributed by atoms with Gasteiger partial charge in [0.05, 0.1) is 6.04 Å². The summed E-state index contributed by atoms with van der Waals surface area (Å²) in [6, 6.07) is 10.9. The van der Waals surface area contributed by atoms with Crippen LogP contribution in [0.25, 0.3) is 0 Å². The number of rotatable bonds is 4. The van der Waals surface area contributed by atoms with E-state index in [0.29, 0.717) is 12.1 Å². The Morgan fingerprint density at radius 2 is 1.53 bits per heavy atom. The standard InChI is InChI=1S/C15H14F3N/c1-2-19-15(10-6-4-3-5-7-10)11-8-12(16)14(18)13(17)9-11/h3-9,15,19H,2H2,1H3. The van der Waals surface area contributed by atoms with Crippen molar-refractivity contribution in [3.8, 4) is 0 Å². The van der Waals surface area contributed by atoms with E-state index >= 15 is 0 Å². The van der Waals surface area contributed by atoms with Gasteiger partial charge < -0.3 is 5.32 Å². The normalized spacial score (nSPS) is 12.4. The number of nitrogens with one attached hydrogen (secondary N) is 1. The summed E-state index contributed by atoms with van der Waals surface area (Å²) in [7, 11) is 0. The lowest BCUT2D eigenvalue weighted by atomic mass is 9.98. The molecular formula is C15H14F3N. The highest BCUT2D eigenvalue weighted by atomic mass is 19.2. The van der Waals surface area contributed by atoms with E-state index in [-0.39, 0.29) is 6.04 Å². The topological polar surface area (TPSA) is 12.0 Å². The van der Waals surface area contributed by atoms with Crippen molar-refractivity contribution in [3.63, 3.8) is 0 Å². The zero-order chi connectivity index (χ0) is 13.8. The molecule has 0 fully saturated rings. The van der Waals surface area contributed by atoms with E-state index < -0.39 is 17.5 Å². The first-order valence-corrected chi connectivity index (χ1v) is 6.06. The molecule has 1 nitrogen and oxygen atoms in total. The number of hydrogen-bond acceptors (Lipinski definition) is 1. The minimum Gasteiger partial charge on any atom is -0.307 e. The zero-order valence-electron chi connectivity index (χ0n) is 10.5. The molecule has 0 aliphatic carbocycles. The molecule has 1 N–H and O–H groups in total. The van der Waals surface area contributed by atoms with Crippen molar-refractivity contribution in [1.82, 2.24) is 5.32 Å². The first-order chi connectivity index (χ1) is 9.13. The van der Waals surface area contributed by atoms with Crippen molar-refractivity contribution >= 4 is 0 Å². The van der Waals surface area contributed by atoms with Crippen molar-refractivity contribution in [2.75, 3.05) is 6.54 Å². The lowest BCUT2D eigenvalue weighted by Gasteiger charge is -2.19. The maximum Gasteiger partial charge on any atom is 0.194 e. The third kappa shape index (κ3) is 2.96.